The highest BCUT2D eigenvalue weighted by Gasteiger charge is 2.46. The van der Waals surface area contributed by atoms with Gasteiger partial charge in [0.25, 0.3) is 5.91 Å². The Morgan fingerprint density at radius 3 is 2.47 bits per heavy atom. The van der Waals surface area contributed by atoms with Crippen molar-refractivity contribution >= 4 is 40.5 Å². The predicted octanol–water partition coefficient (Wildman–Crippen LogP) is 4.92. The first-order chi connectivity index (χ1) is 15.0. The predicted molar refractivity (Wildman–Crippen MR) is 118 cm³/mol. The molecule has 2 N–H and O–H groups in total. The second kappa shape index (κ2) is 9.20. The summed E-state index contributed by atoms with van der Waals surface area (Å²) in [7, 11) is 0. The molecule has 170 valence electrons. The van der Waals surface area contributed by atoms with Gasteiger partial charge in [0.15, 0.2) is 0 Å². The number of nitrogens with zero attached hydrogens (tertiary/aromatic N) is 2. The molecule has 10 heteroatoms. The quantitative estimate of drug-likeness (QED) is 0.656. The molecule has 0 radical (unpaired) electrons. The maximum atomic E-state index is 13.4. The van der Waals surface area contributed by atoms with Gasteiger partial charge in [-0.1, -0.05) is 35.9 Å². The van der Waals surface area contributed by atoms with Crippen molar-refractivity contribution < 1.29 is 22.8 Å². The van der Waals surface area contributed by atoms with Crippen LogP contribution in [0, 0.1) is 6.92 Å². The second-order valence-electron chi connectivity index (χ2n) is 7.68. The number of hydrogen-bond acceptors (Lipinski definition) is 4. The number of anilines is 2. The van der Waals surface area contributed by atoms with Crippen LogP contribution in [-0.2, 0) is 4.79 Å². The number of carbonyl (C=O) groups is 2. The highest BCUT2D eigenvalue weighted by molar-refractivity contribution is 6.33. The number of hydrogen-bond donors (Lipinski definition) is 2. The molecule has 1 aliphatic rings. The van der Waals surface area contributed by atoms with Gasteiger partial charge in [-0.3, -0.25) is 14.6 Å². The number of para-hydroxylation sites is 2. The van der Waals surface area contributed by atoms with E-state index in [1.165, 1.54) is 12.1 Å². The van der Waals surface area contributed by atoms with E-state index in [2.05, 4.69) is 15.7 Å². The number of aryl methyl sites for hydroxylation is 1. The maximum absolute atomic E-state index is 13.4. The van der Waals surface area contributed by atoms with E-state index in [0.717, 1.165) is 5.01 Å². The minimum absolute atomic E-state index is 0.139. The van der Waals surface area contributed by atoms with Crippen LogP contribution in [0.1, 0.15) is 36.2 Å². The molecule has 0 bridgehead atoms. The van der Waals surface area contributed by atoms with Crippen LogP contribution < -0.4 is 15.6 Å². The average Bonchev–Trinajstić information content (AvgIpc) is 3.15. The first kappa shape index (κ1) is 23.6. The smallest absolute Gasteiger partial charge is 0.350 e. The van der Waals surface area contributed by atoms with E-state index in [-0.39, 0.29) is 28.0 Å². The van der Waals surface area contributed by atoms with Crippen molar-refractivity contribution in [1.29, 1.82) is 0 Å². The fourth-order valence-corrected chi connectivity index (χ4v) is 3.54. The lowest BCUT2D eigenvalue weighted by Gasteiger charge is -2.24. The van der Waals surface area contributed by atoms with Crippen LogP contribution in [0.15, 0.2) is 47.6 Å². The van der Waals surface area contributed by atoms with Crippen LogP contribution in [0.2, 0.25) is 5.02 Å². The van der Waals surface area contributed by atoms with Gasteiger partial charge >= 0.3 is 6.18 Å². The molecule has 0 spiro atoms. The summed E-state index contributed by atoms with van der Waals surface area (Å²) in [5.74, 6) is -1.14. The van der Waals surface area contributed by atoms with Gasteiger partial charge in [-0.2, -0.15) is 18.3 Å². The molecule has 6 nitrogen and oxygen atoms in total. The zero-order chi connectivity index (χ0) is 23.6. The van der Waals surface area contributed by atoms with Crippen molar-refractivity contribution in [2.24, 2.45) is 5.10 Å². The van der Waals surface area contributed by atoms with E-state index in [1.807, 2.05) is 0 Å². The Balaban J connectivity index is 1.95. The molecule has 0 saturated heterocycles. The molecule has 1 unspecified atom stereocenters. The van der Waals surface area contributed by atoms with Gasteiger partial charge in [0.1, 0.15) is 11.8 Å². The van der Waals surface area contributed by atoms with Crippen molar-refractivity contribution in [2.45, 2.75) is 45.5 Å². The number of carbonyl (C=O) groups excluding carboxylic acids is 2. The Hall–Kier alpha value is -3.07. The Kier molecular flexibility index (Phi) is 6.78. The summed E-state index contributed by atoms with van der Waals surface area (Å²) in [6, 6.07) is 9.66. The molecule has 2 aromatic rings. The normalized spacial score (nSPS) is 16.2. The monoisotopic (exact) mass is 466 g/mol. The van der Waals surface area contributed by atoms with Crippen molar-refractivity contribution in [3.8, 4) is 0 Å². The minimum atomic E-state index is -4.69. The number of rotatable bonds is 5. The molecule has 3 rings (SSSR count). The van der Waals surface area contributed by atoms with Crippen LogP contribution in [0.4, 0.5) is 24.5 Å². The average molecular weight is 467 g/mol. The summed E-state index contributed by atoms with van der Waals surface area (Å²) in [6.07, 6.45) is -5.35. The SMILES string of the molecule is Cc1cccc(C(=O)NC(C)C)c1NC(=O)C1CC(C(F)(F)F)=NN1c1ccccc1Cl. The number of benzene rings is 2. The maximum Gasteiger partial charge on any atom is 0.431 e. The van der Waals surface area contributed by atoms with E-state index in [9.17, 15) is 22.8 Å². The molecule has 1 atom stereocenters. The van der Waals surface area contributed by atoms with Gasteiger partial charge in [0, 0.05) is 12.5 Å². The number of alkyl halides is 3. The molecule has 0 aromatic heterocycles. The van der Waals surface area contributed by atoms with Crippen molar-refractivity contribution in [2.75, 3.05) is 10.3 Å². The minimum Gasteiger partial charge on any atom is -0.350 e. The molecule has 0 saturated carbocycles. The van der Waals surface area contributed by atoms with E-state index >= 15 is 0 Å². The summed E-state index contributed by atoms with van der Waals surface area (Å²) in [4.78, 5) is 25.7. The Morgan fingerprint density at radius 2 is 1.84 bits per heavy atom. The van der Waals surface area contributed by atoms with E-state index in [4.69, 9.17) is 11.6 Å². The molecular formula is C22H22ClF3N4O2. The largest absolute Gasteiger partial charge is 0.431 e. The van der Waals surface area contributed by atoms with Crippen molar-refractivity contribution in [3.63, 3.8) is 0 Å². The molecule has 2 aromatic carbocycles. The zero-order valence-corrected chi connectivity index (χ0v) is 18.4. The van der Waals surface area contributed by atoms with E-state index in [0.29, 0.717) is 5.56 Å². The lowest BCUT2D eigenvalue weighted by atomic mass is 10.0. The molecular weight excluding hydrogens is 445 g/mol. The number of halogens is 4. The summed E-state index contributed by atoms with van der Waals surface area (Å²) < 4.78 is 40.2. The summed E-state index contributed by atoms with van der Waals surface area (Å²) in [6.45, 7) is 5.28. The molecule has 0 aliphatic carbocycles. The topological polar surface area (TPSA) is 73.8 Å². The number of hydrazone groups is 1. The Morgan fingerprint density at radius 1 is 1.16 bits per heavy atom. The third-order valence-electron chi connectivity index (χ3n) is 4.82. The number of amides is 2. The fourth-order valence-electron chi connectivity index (χ4n) is 3.31. The van der Waals surface area contributed by atoms with E-state index in [1.54, 1.807) is 51.1 Å². The summed E-state index contributed by atoms with van der Waals surface area (Å²) >= 11 is 6.16. The molecule has 2 amide bonds. The van der Waals surface area contributed by atoms with Gasteiger partial charge in [0.2, 0.25) is 5.91 Å². The summed E-state index contributed by atoms with van der Waals surface area (Å²) in [5.41, 5.74) is 0.131. The van der Waals surface area contributed by atoms with Crippen LogP contribution in [0.25, 0.3) is 0 Å². The highest BCUT2D eigenvalue weighted by Crippen LogP contribution is 2.35. The van der Waals surface area contributed by atoms with Crippen molar-refractivity contribution in [3.05, 3.63) is 58.6 Å². The molecule has 1 aliphatic heterocycles. The van der Waals surface area contributed by atoms with Crippen LogP contribution in [-0.4, -0.2) is 35.8 Å². The number of nitrogens with one attached hydrogen (secondary N) is 2. The lowest BCUT2D eigenvalue weighted by Crippen LogP contribution is -2.40. The third kappa shape index (κ3) is 5.04. The first-order valence-corrected chi connectivity index (χ1v) is 10.3. The van der Waals surface area contributed by atoms with Crippen molar-refractivity contribution in [1.82, 2.24) is 5.32 Å². The molecule has 0 fully saturated rings. The Bertz CT molecular complexity index is 1070. The van der Waals surface area contributed by atoms with Crippen LogP contribution in [0.5, 0.6) is 0 Å². The first-order valence-electron chi connectivity index (χ1n) is 9.88. The Labute approximate surface area is 188 Å². The molecule has 32 heavy (non-hydrogen) atoms. The van der Waals surface area contributed by atoms with Gasteiger partial charge in [-0.25, -0.2) is 0 Å². The van der Waals surface area contributed by atoms with Crippen LogP contribution >= 0.6 is 11.6 Å². The standard InChI is InChI=1S/C22H22ClF3N4O2/c1-12(2)27-20(31)14-8-6-7-13(3)19(14)28-21(32)17-11-18(22(24,25)26)29-30(17)16-10-5-4-9-15(16)23/h4-10,12,17H,11H2,1-3H3,(H,27,31)(H,28,32). The zero-order valence-electron chi connectivity index (χ0n) is 17.6. The molecule has 1 heterocycles. The van der Waals surface area contributed by atoms with Gasteiger partial charge < -0.3 is 10.6 Å². The van der Waals surface area contributed by atoms with Gasteiger partial charge in [-0.15, -0.1) is 0 Å². The summed E-state index contributed by atoms with van der Waals surface area (Å²) in [5, 5.41) is 10.2. The lowest BCUT2D eigenvalue weighted by molar-refractivity contribution is -0.117. The third-order valence-corrected chi connectivity index (χ3v) is 5.14. The highest BCUT2D eigenvalue weighted by atomic mass is 35.5. The fraction of sp³-hybridized carbons (Fsp3) is 0.318. The van der Waals surface area contributed by atoms with E-state index < -0.39 is 36.2 Å². The second-order valence-corrected chi connectivity index (χ2v) is 8.08. The van der Waals surface area contributed by atoms with Gasteiger partial charge in [-0.05, 0) is 44.5 Å². The van der Waals surface area contributed by atoms with Gasteiger partial charge in [0.05, 0.1) is 22.0 Å². The van der Waals surface area contributed by atoms with Crippen LogP contribution in [0.3, 0.4) is 0 Å².